The van der Waals surface area contributed by atoms with Crippen molar-refractivity contribution in [2.75, 3.05) is 44.7 Å². The largest absolute Gasteiger partial charge is 0.379 e. The molecular weight excluding hydrogens is 422 g/mol. The SMILES string of the molecule is Cc1cccc(NC(=O)CC[C@@H]2CN(Cc3ccccc3Cl)CC[C@@H]2N2CCOCC2)c1. The highest BCUT2D eigenvalue weighted by Gasteiger charge is 2.34. The Labute approximate surface area is 196 Å². The molecular formula is C26H34ClN3O2. The molecule has 2 aromatic rings. The van der Waals surface area contributed by atoms with Gasteiger partial charge in [-0.2, -0.15) is 0 Å². The van der Waals surface area contributed by atoms with E-state index < -0.39 is 0 Å². The third-order valence-electron chi connectivity index (χ3n) is 6.69. The van der Waals surface area contributed by atoms with Gasteiger partial charge in [-0.15, -0.1) is 0 Å². The first-order chi connectivity index (χ1) is 15.6. The zero-order valence-electron chi connectivity index (χ0n) is 18.9. The van der Waals surface area contributed by atoms with Gasteiger partial charge in [0.15, 0.2) is 0 Å². The van der Waals surface area contributed by atoms with Gasteiger partial charge in [0.1, 0.15) is 0 Å². The van der Waals surface area contributed by atoms with Gasteiger partial charge in [-0.25, -0.2) is 0 Å². The van der Waals surface area contributed by atoms with Crippen LogP contribution in [0.3, 0.4) is 0 Å². The number of amides is 1. The Balaban J connectivity index is 1.39. The molecule has 5 nitrogen and oxygen atoms in total. The summed E-state index contributed by atoms with van der Waals surface area (Å²) >= 11 is 6.42. The molecule has 2 atom stereocenters. The molecule has 0 unspecified atom stereocenters. The van der Waals surface area contributed by atoms with Crippen molar-refractivity contribution in [2.24, 2.45) is 5.92 Å². The van der Waals surface area contributed by atoms with Gasteiger partial charge in [-0.1, -0.05) is 41.9 Å². The summed E-state index contributed by atoms with van der Waals surface area (Å²) in [5, 5.41) is 3.90. The van der Waals surface area contributed by atoms with E-state index in [0.29, 0.717) is 18.4 Å². The summed E-state index contributed by atoms with van der Waals surface area (Å²) in [7, 11) is 0. The summed E-state index contributed by atoms with van der Waals surface area (Å²) in [6.45, 7) is 8.53. The molecule has 2 fully saturated rings. The van der Waals surface area contributed by atoms with Crippen LogP contribution in [-0.2, 0) is 16.1 Å². The van der Waals surface area contributed by atoms with E-state index in [-0.39, 0.29) is 5.91 Å². The lowest BCUT2D eigenvalue weighted by atomic mass is 9.86. The number of ether oxygens (including phenoxy) is 1. The summed E-state index contributed by atoms with van der Waals surface area (Å²) < 4.78 is 5.58. The lowest BCUT2D eigenvalue weighted by molar-refractivity contribution is -0.116. The van der Waals surface area contributed by atoms with Crippen LogP contribution in [0.5, 0.6) is 0 Å². The van der Waals surface area contributed by atoms with E-state index in [4.69, 9.17) is 16.3 Å². The average Bonchev–Trinajstić information content (AvgIpc) is 2.80. The van der Waals surface area contributed by atoms with E-state index in [9.17, 15) is 4.79 Å². The van der Waals surface area contributed by atoms with E-state index in [1.54, 1.807) is 0 Å². The number of carbonyl (C=O) groups excluding carboxylic acids is 1. The highest BCUT2D eigenvalue weighted by molar-refractivity contribution is 6.31. The molecule has 0 aliphatic carbocycles. The Morgan fingerprint density at radius 3 is 2.72 bits per heavy atom. The second kappa shape index (κ2) is 11.3. The minimum atomic E-state index is 0.0968. The maximum Gasteiger partial charge on any atom is 0.224 e. The van der Waals surface area contributed by atoms with E-state index in [0.717, 1.165) is 75.1 Å². The predicted molar refractivity (Wildman–Crippen MR) is 130 cm³/mol. The van der Waals surface area contributed by atoms with Gasteiger partial charge >= 0.3 is 0 Å². The quantitative estimate of drug-likeness (QED) is 0.663. The molecule has 2 saturated heterocycles. The highest BCUT2D eigenvalue weighted by atomic mass is 35.5. The summed E-state index contributed by atoms with van der Waals surface area (Å²) in [6.07, 6.45) is 2.55. The zero-order chi connectivity index (χ0) is 22.3. The summed E-state index contributed by atoms with van der Waals surface area (Å²) in [6, 6.07) is 16.6. The minimum Gasteiger partial charge on any atom is -0.379 e. The van der Waals surface area contributed by atoms with Gasteiger partial charge in [-0.3, -0.25) is 14.6 Å². The fraction of sp³-hybridized carbons (Fsp3) is 0.500. The maximum atomic E-state index is 12.7. The normalized spacial score (nSPS) is 22.6. The van der Waals surface area contributed by atoms with Gasteiger partial charge in [0, 0.05) is 49.4 Å². The molecule has 0 radical (unpaired) electrons. The molecule has 0 bridgehead atoms. The Morgan fingerprint density at radius 2 is 1.94 bits per heavy atom. The molecule has 2 aliphatic heterocycles. The van der Waals surface area contributed by atoms with Crippen LogP contribution in [0.25, 0.3) is 0 Å². The Bertz CT molecular complexity index is 900. The number of anilines is 1. The van der Waals surface area contributed by atoms with Crippen molar-refractivity contribution < 1.29 is 9.53 Å². The monoisotopic (exact) mass is 455 g/mol. The van der Waals surface area contributed by atoms with Crippen LogP contribution >= 0.6 is 11.6 Å². The molecule has 4 rings (SSSR count). The predicted octanol–water partition coefficient (Wildman–Crippen LogP) is 4.59. The summed E-state index contributed by atoms with van der Waals surface area (Å²) in [5.41, 5.74) is 3.20. The topological polar surface area (TPSA) is 44.8 Å². The van der Waals surface area contributed by atoms with Crippen LogP contribution in [0.1, 0.15) is 30.4 Å². The smallest absolute Gasteiger partial charge is 0.224 e. The number of hydrogen-bond donors (Lipinski definition) is 1. The number of piperidine rings is 1. The number of nitrogens with zero attached hydrogens (tertiary/aromatic N) is 2. The Morgan fingerprint density at radius 1 is 1.12 bits per heavy atom. The van der Waals surface area contributed by atoms with Crippen molar-refractivity contribution in [1.82, 2.24) is 9.80 Å². The first-order valence-corrected chi connectivity index (χ1v) is 12.1. The van der Waals surface area contributed by atoms with Gasteiger partial charge in [0.2, 0.25) is 5.91 Å². The van der Waals surface area contributed by atoms with Crippen LogP contribution in [0.15, 0.2) is 48.5 Å². The average molecular weight is 456 g/mol. The third-order valence-corrected chi connectivity index (χ3v) is 7.06. The standard InChI is InChI=1S/C26H34ClN3O2/c1-20-5-4-7-23(17-20)28-26(31)10-9-22-19-29(18-21-6-2-3-8-24(21)27)12-11-25(22)30-13-15-32-16-14-30/h2-8,17,22,25H,9-16,18-19H2,1H3,(H,28,31)/t22-,25+/m1/s1. The molecule has 0 spiro atoms. The number of likely N-dealkylation sites (tertiary alicyclic amines) is 1. The van der Waals surface area contributed by atoms with Crippen LogP contribution in [0.4, 0.5) is 5.69 Å². The van der Waals surface area contributed by atoms with Crippen molar-refractivity contribution in [1.29, 1.82) is 0 Å². The van der Waals surface area contributed by atoms with Gasteiger partial charge in [0.05, 0.1) is 13.2 Å². The molecule has 2 aromatic carbocycles. The Hall–Kier alpha value is -1.92. The number of hydrogen-bond acceptors (Lipinski definition) is 4. The van der Waals surface area contributed by atoms with Crippen LogP contribution < -0.4 is 5.32 Å². The van der Waals surface area contributed by atoms with Crippen LogP contribution in [-0.4, -0.2) is 61.1 Å². The first-order valence-electron chi connectivity index (χ1n) is 11.7. The van der Waals surface area contributed by atoms with E-state index in [2.05, 4.69) is 27.2 Å². The number of carbonyl (C=O) groups is 1. The van der Waals surface area contributed by atoms with Gasteiger partial charge in [0.25, 0.3) is 0 Å². The van der Waals surface area contributed by atoms with Crippen molar-refractivity contribution in [2.45, 2.75) is 38.8 Å². The van der Waals surface area contributed by atoms with E-state index >= 15 is 0 Å². The highest BCUT2D eigenvalue weighted by Crippen LogP contribution is 2.29. The van der Waals surface area contributed by atoms with E-state index in [1.807, 2.05) is 43.3 Å². The first kappa shape index (κ1) is 23.2. The maximum absolute atomic E-state index is 12.7. The van der Waals surface area contributed by atoms with Crippen molar-refractivity contribution >= 4 is 23.2 Å². The van der Waals surface area contributed by atoms with Crippen LogP contribution in [0.2, 0.25) is 5.02 Å². The molecule has 1 N–H and O–H groups in total. The lowest BCUT2D eigenvalue weighted by Gasteiger charge is -2.45. The van der Waals surface area contributed by atoms with E-state index in [1.165, 1.54) is 5.56 Å². The van der Waals surface area contributed by atoms with Crippen molar-refractivity contribution in [3.63, 3.8) is 0 Å². The second-order valence-corrected chi connectivity index (χ2v) is 9.45. The number of aryl methyl sites for hydroxylation is 1. The molecule has 172 valence electrons. The number of halogens is 1. The molecule has 32 heavy (non-hydrogen) atoms. The second-order valence-electron chi connectivity index (χ2n) is 9.05. The lowest BCUT2D eigenvalue weighted by Crippen LogP contribution is -2.53. The van der Waals surface area contributed by atoms with Gasteiger partial charge in [-0.05, 0) is 61.6 Å². The molecule has 2 heterocycles. The fourth-order valence-electron chi connectivity index (χ4n) is 5.04. The molecule has 0 saturated carbocycles. The molecule has 2 aliphatic rings. The molecule has 1 amide bonds. The Kier molecular flexibility index (Phi) is 8.20. The van der Waals surface area contributed by atoms with Crippen LogP contribution in [0, 0.1) is 12.8 Å². The minimum absolute atomic E-state index is 0.0968. The molecule has 0 aromatic heterocycles. The number of nitrogens with one attached hydrogen (secondary N) is 1. The number of rotatable bonds is 7. The number of morpholine rings is 1. The molecule has 6 heteroatoms. The van der Waals surface area contributed by atoms with Crippen molar-refractivity contribution in [3.8, 4) is 0 Å². The third kappa shape index (κ3) is 6.32. The zero-order valence-corrected chi connectivity index (χ0v) is 19.7. The fourth-order valence-corrected chi connectivity index (χ4v) is 5.24. The van der Waals surface area contributed by atoms with Crippen molar-refractivity contribution in [3.05, 3.63) is 64.7 Å². The summed E-state index contributed by atoms with van der Waals surface area (Å²) in [4.78, 5) is 17.8. The summed E-state index contributed by atoms with van der Waals surface area (Å²) in [5.74, 6) is 0.548. The van der Waals surface area contributed by atoms with Gasteiger partial charge < -0.3 is 10.1 Å². The number of benzene rings is 2.